The van der Waals surface area contributed by atoms with E-state index in [0.29, 0.717) is 28.7 Å². The summed E-state index contributed by atoms with van der Waals surface area (Å²) in [6.45, 7) is 8.23. The van der Waals surface area contributed by atoms with Crippen LogP contribution in [0, 0.1) is 0 Å². The molecule has 174 valence electrons. The summed E-state index contributed by atoms with van der Waals surface area (Å²) in [7, 11) is 3.68. The Morgan fingerprint density at radius 2 is 1.97 bits per heavy atom. The van der Waals surface area contributed by atoms with E-state index in [9.17, 15) is 4.79 Å². The van der Waals surface area contributed by atoms with E-state index in [4.69, 9.17) is 27.9 Å². The SMILES string of the molecule is CO/C(=C\C=C\c1cc2cc(Cl)c(Cl)cc2[nH]1)C(=O)NCCCN1CC(C)N(C)CC1C. The fourth-order valence-electron chi connectivity index (χ4n) is 3.97. The summed E-state index contributed by atoms with van der Waals surface area (Å²) < 4.78 is 5.27. The number of nitrogens with one attached hydrogen (secondary N) is 2. The number of nitrogens with zero attached hydrogens (tertiary/aromatic N) is 2. The predicted molar refractivity (Wildman–Crippen MR) is 133 cm³/mol. The lowest BCUT2D eigenvalue weighted by molar-refractivity contribution is -0.120. The Morgan fingerprint density at radius 3 is 2.72 bits per heavy atom. The van der Waals surface area contributed by atoms with E-state index in [0.717, 1.165) is 42.7 Å². The van der Waals surface area contributed by atoms with Crippen LogP contribution in [0.4, 0.5) is 0 Å². The maximum absolute atomic E-state index is 12.4. The van der Waals surface area contributed by atoms with E-state index in [-0.39, 0.29) is 11.7 Å². The van der Waals surface area contributed by atoms with Crippen LogP contribution in [0.25, 0.3) is 17.0 Å². The second-order valence-corrected chi connectivity index (χ2v) is 9.23. The number of H-pyrrole nitrogens is 1. The summed E-state index contributed by atoms with van der Waals surface area (Å²) in [4.78, 5) is 20.6. The molecule has 2 aromatic rings. The zero-order valence-electron chi connectivity index (χ0n) is 19.1. The third-order valence-corrected chi connectivity index (χ3v) is 6.71. The highest BCUT2D eigenvalue weighted by Crippen LogP contribution is 2.28. The van der Waals surface area contributed by atoms with Crippen molar-refractivity contribution in [2.45, 2.75) is 32.4 Å². The van der Waals surface area contributed by atoms with Crippen molar-refractivity contribution < 1.29 is 9.53 Å². The molecular formula is C24H32Cl2N4O2. The Balaban J connectivity index is 1.49. The summed E-state index contributed by atoms with van der Waals surface area (Å²) in [5.74, 6) is 0.0530. The first-order valence-corrected chi connectivity index (χ1v) is 11.7. The molecule has 0 bridgehead atoms. The van der Waals surface area contributed by atoms with Gasteiger partial charge < -0.3 is 19.9 Å². The van der Waals surface area contributed by atoms with Crippen molar-refractivity contribution in [1.29, 1.82) is 0 Å². The fraction of sp³-hybridized carbons (Fsp3) is 0.458. The highest BCUT2D eigenvalue weighted by Gasteiger charge is 2.25. The quantitative estimate of drug-likeness (QED) is 0.253. The average molecular weight is 479 g/mol. The van der Waals surface area contributed by atoms with E-state index in [1.165, 1.54) is 7.11 Å². The number of hydrogen-bond donors (Lipinski definition) is 2. The number of amides is 1. The lowest BCUT2D eigenvalue weighted by atomic mass is 10.1. The molecular weight excluding hydrogens is 447 g/mol. The Morgan fingerprint density at radius 1 is 1.22 bits per heavy atom. The molecule has 0 saturated carbocycles. The van der Waals surface area contributed by atoms with Gasteiger partial charge in [0.25, 0.3) is 5.91 Å². The van der Waals surface area contributed by atoms with Gasteiger partial charge in [-0.3, -0.25) is 9.69 Å². The molecule has 1 amide bonds. The van der Waals surface area contributed by atoms with E-state index >= 15 is 0 Å². The van der Waals surface area contributed by atoms with Gasteiger partial charge in [0, 0.05) is 54.9 Å². The number of halogens is 2. The number of carbonyl (C=O) groups excluding carboxylic acids is 1. The Kier molecular flexibility index (Phi) is 8.65. The van der Waals surface area contributed by atoms with E-state index in [1.807, 2.05) is 18.2 Å². The molecule has 0 spiro atoms. The minimum atomic E-state index is -0.216. The van der Waals surface area contributed by atoms with Gasteiger partial charge in [-0.15, -0.1) is 0 Å². The van der Waals surface area contributed by atoms with Crippen LogP contribution in [-0.2, 0) is 9.53 Å². The van der Waals surface area contributed by atoms with Crippen LogP contribution in [0.15, 0.2) is 36.1 Å². The zero-order valence-corrected chi connectivity index (χ0v) is 20.6. The van der Waals surface area contributed by atoms with Gasteiger partial charge in [-0.25, -0.2) is 0 Å². The molecule has 32 heavy (non-hydrogen) atoms. The van der Waals surface area contributed by atoms with Gasteiger partial charge >= 0.3 is 0 Å². The summed E-state index contributed by atoms with van der Waals surface area (Å²) in [6, 6.07) is 6.67. The van der Waals surface area contributed by atoms with Gasteiger partial charge in [0.2, 0.25) is 0 Å². The molecule has 2 N–H and O–H groups in total. The van der Waals surface area contributed by atoms with Crippen LogP contribution >= 0.6 is 23.2 Å². The zero-order chi connectivity index (χ0) is 23.3. The molecule has 1 saturated heterocycles. The highest BCUT2D eigenvalue weighted by atomic mass is 35.5. The number of benzene rings is 1. The molecule has 0 radical (unpaired) electrons. The molecule has 1 aliphatic rings. The molecule has 1 aliphatic heterocycles. The normalized spacial score (nSPS) is 20.9. The summed E-state index contributed by atoms with van der Waals surface area (Å²) in [5, 5.41) is 4.94. The molecule has 2 heterocycles. The minimum Gasteiger partial charge on any atom is -0.491 e. The number of likely N-dealkylation sites (N-methyl/N-ethyl adjacent to an activating group) is 1. The second-order valence-electron chi connectivity index (χ2n) is 8.41. The van der Waals surface area contributed by atoms with Crippen LogP contribution < -0.4 is 5.32 Å². The maximum atomic E-state index is 12.4. The third-order valence-electron chi connectivity index (χ3n) is 5.98. The van der Waals surface area contributed by atoms with Crippen molar-refractivity contribution in [3.63, 3.8) is 0 Å². The molecule has 8 heteroatoms. The number of aromatic amines is 1. The predicted octanol–water partition coefficient (Wildman–Crippen LogP) is 4.55. The van der Waals surface area contributed by atoms with Crippen molar-refractivity contribution in [3.05, 3.63) is 51.8 Å². The van der Waals surface area contributed by atoms with Crippen LogP contribution in [0.5, 0.6) is 0 Å². The van der Waals surface area contributed by atoms with Crippen molar-refractivity contribution >= 4 is 46.1 Å². The lowest BCUT2D eigenvalue weighted by Gasteiger charge is -2.42. The number of rotatable bonds is 8. The van der Waals surface area contributed by atoms with Gasteiger partial charge in [-0.2, -0.15) is 0 Å². The molecule has 2 atom stereocenters. The Hall–Kier alpha value is -1.99. The summed E-state index contributed by atoms with van der Waals surface area (Å²) in [5.41, 5.74) is 1.78. The standard InChI is InChI=1S/C24H32Cl2N4O2/c1-16-15-30(17(2)14-29(16)3)10-6-9-27-24(31)23(32-4)8-5-7-19-11-18-12-20(25)21(26)13-22(18)28-19/h5,7-8,11-13,16-17,28H,6,9-10,14-15H2,1-4H3,(H,27,31)/b7-5+,23-8-. The van der Waals surface area contributed by atoms with Crippen molar-refractivity contribution in [2.24, 2.45) is 0 Å². The van der Waals surface area contributed by atoms with E-state index in [1.54, 1.807) is 18.2 Å². The van der Waals surface area contributed by atoms with Crippen LogP contribution in [0.3, 0.4) is 0 Å². The van der Waals surface area contributed by atoms with Gasteiger partial charge in [0.1, 0.15) is 0 Å². The Labute approximate surface area is 200 Å². The number of carbonyl (C=O) groups is 1. The van der Waals surface area contributed by atoms with Gasteiger partial charge in [0.15, 0.2) is 5.76 Å². The fourth-order valence-corrected chi connectivity index (χ4v) is 4.30. The van der Waals surface area contributed by atoms with E-state index in [2.05, 4.69) is 41.0 Å². The molecule has 1 aromatic carbocycles. The first kappa shape index (κ1) is 24.6. The lowest BCUT2D eigenvalue weighted by Crippen LogP contribution is -2.55. The first-order chi connectivity index (χ1) is 15.3. The van der Waals surface area contributed by atoms with Crippen molar-refractivity contribution in [3.8, 4) is 0 Å². The molecule has 1 aromatic heterocycles. The molecule has 1 fully saturated rings. The molecule has 2 unspecified atom stereocenters. The van der Waals surface area contributed by atoms with Crippen LogP contribution in [0.2, 0.25) is 10.0 Å². The van der Waals surface area contributed by atoms with Gasteiger partial charge in [0.05, 0.1) is 17.2 Å². The largest absolute Gasteiger partial charge is 0.491 e. The average Bonchev–Trinajstić information content (AvgIpc) is 3.13. The second kappa shape index (κ2) is 11.2. The number of hydrogen-bond acceptors (Lipinski definition) is 4. The number of piperazine rings is 1. The number of fused-ring (bicyclic) bond motifs is 1. The molecule has 3 rings (SSSR count). The van der Waals surface area contributed by atoms with E-state index < -0.39 is 0 Å². The molecule has 0 aliphatic carbocycles. The molecule has 6 nitrogen and oxygen atoms in total. The monoisotopic (exact) mass is 478 g/mol. The van der Waals surface area contributed by atoms with Gasteiger partial charge in [-0.05, 0) is 57.7 Å². The highest BCUT2D eigenvalue weighted by molar-refractivity contribution is 6.42. The Bertz CT molecular complexity index is 962. The van der Waals surface area contributed by atoms with Crippen molar-refractivity contribution in [1.82, 2.24) is 20.1 Å². The minimum absolute atomic E-state index is 0.216. The van der Waals surface area contributed by atoms with Crippen LogP contribution in [0.1, 0.15) is 26.0 Å². The van der Waals surface area contributed by atoms with Crippen molar-refractivity contribution in [2.75, 3.05) is 40.3 Å². The van der Waals surface area contributed by atoms with Crippen LogP contribution in [-0.4, -0.2) is 73.1 Å². The summed E-state index contributed by atoms with van der Waals surface area (Å²) in [6.07, 6.45) is 6.20. The smallest absolute Gasteiger partial charge is 0.286 e. The summed E-state index contributed by atoms with van der Waals surface area (Å²) >= 11 is 12.1. The number of methoxy groups -OCH3 is 1. The number of aromatic nitrogens is 1. The maximum Gasteiger partial charge on any atom is 0.286 e. The first-order valence-electron chi connectivity index (χ1n) is 10.9. The topological polar surface area (TPSA) is 60.6 Å². The number of allylic oxidation sites excluding steroid dienone is 2. The third kappa shape index (κ3) is 6.29. The van der Waals surface area contributed by atoms with Gasteiger partial charge in [-0.1, -0.05) is 29.3 Å². The number of ether oxygens (including phenoxy) is 1.